The van der Waals surface area contributed by atoms with Gasteiger partial charge in [0.15, 0.2) is 5.78 Å². The lowest BCUT2D eigenvalue weighted by Gasteiger charge is -2.31. The summed E-state index contributed by atoms with van der Waals surface area (Å²) in [4.78, 5) is 19.4. The predicted octanol–water partition coefficient (Wildman–Crippen LogP) is 2.74. The van der Waals surface area contributed by atoms with Crippen LogP contribution in [0.25, 0.3) is 0 Å². The molecule has 4 nitrogen and oxygen atoms in total. The van der Waals surface area contributed by atoms with Crippen molar-refractivity contribution in [1.29, 1.82) is 0 Å². The van der Waals surface area contributed by atoms with E-state index in [2.05, 4.69) is 47.7 Å². The number of piperazine rings is 1. The standard InChI is InChI=1S/C19H31N3O/c1-4-10-22(11-5-2)18-8-6-17(7-9-18)19(23)16-21-14-12-20(3)13-15-21/h6-9H,4-5,10-16H2,1-3H3. The Hall–Kier alpha value is -1.39. The molecule has 0 bridgehead atoms. The highest BCUT2D eigenvalue weighted by molar-refractivity contribution is 5.97. The minimum atomic E-state index is 0.235. The molecule has 1 aliphatic rings. The largest absolute Gasteiger partial charge is 0.372 e. The van der Waals surface area contributed by atoms with Gasteiger partial charge in [0.2, 0.25) is 0 Å². The van der Waals surface area contributed by atoms with Crippen LogP contribution in [0.2, 0.25) is 0 Å². The SMILES string of the molecule is CCCN(CCC)c1ccc(C(=O)CN2CCN(C)CC2)cc1. The molecule has 1 saturated heterocycles. The predicted molar refractivity (Wildman–Crippen MR) is 97.5 cm³/mol. The lowest BCUT2D eigenvalue weighted by Crippen LogP contribution is -2.46. The third-order valence-electron chi connectivity index (χ3n) is 4.50. The molecule has 0 atom stereocenters. The van der Waals surface area contributed by atoms with Crippen LogP contribution in [0.3, 0.4) is 0 Å². The fourth-order valence-electron chi connectivity index (χ4n) is 3.07. The van der Waals surface area contributed by atoms with E-state index >= 15 is 0 Å². The number of benzene rings is 1. The van der Waals surface area contributed by atoms with Crippen LogP contribution in [-0.4, -0.2) is 68.4 Å². The number of hydrogen-bond donors (Lipinski definition) is 0. The molecule has 0 unspecified atom stereocenters. The second-order valence-electron chi connectivity index (χ2n) is 6.54. The zero-order valence-corrected chi connectivity index (χ0v) is 14.9. The van der Waals surface area contributed by atoms with E-state index in [1.54, 1.807) is 0 Å². The van der Waals surface area contributed by atoms with Crippen molar-refractivity contribution in [3.8, 4) is 0 Å². The highest BCUT2D eigenvalue weighted by atomic mass is 16.1. The van der Waals surface area contributed by atoms with Gasteiger partial charge in [-0.25, -0.2) is 0 Å². The van der Waals surface area contributed by atoms with Crippen LogP contribution in [0, 0.1) is 0 Å². The molecule has 0 N–H and O–H groups in total. The number of carbonyl (C=O) groups excluding carboxylic acids is 1. The lowest BCUT2D eigenvalue weighted by atomic mass is 10.1. The first-order valence-corrected chi connectivity index (χ1v) is 8.93. The number of ketones is 1. The number of hydrogen-bond acceptors (Lipinski definition) is 4. The van der Waals surface area contributed by atoms with Crippen molar-refractivity contribution in [3.05, 3.63) is 29.8 Å². The fraction of sp³-hybridized carbons (Fsp3) is 0.632. The van der Waals surface area contributed by atoms with Gasteiger partial charge in [0.25, 0.3) is 0 Å². The highest BCUT2D eigenvalue weighted by Gasteiger charge is 2.17. The van der Waals surface area contributed by atoms with Crippen molar-refractivity contribution in [3.63, 3.8) is 0 Å². The van der Waals surface area contributed by atoms with Gasteiger partial charge < -0.3 is 9.80 Å². The van der Waals surface area contributed by atoms with Crippen LogP contribution >= 0.6 is 0 Å². The number of likely N-dealkylation sites (N-methyl/N-ethyl adjacent to an activating group) is 1. The third-order valence-corrected chi connectivity index (χ3v) is 4.50. The fourth-order valence-corrected chi connectivity index (χ4v) is 3.07. The highest BCUT2D eigenvalue weighted by Crippen LogP contribution is 2.17. The van der Waals surface area contributed by atoms with Gasteiger partial charge in [0, 0.05) is 50.5 Å². The molecule has 0 spiro atoms. The van der Waals surface area contributed by atoms with Gasteiger partial charge >= 0.3 is 0 Å². The zero-order valence-electron chi connectivity index (χ0n) is 14.9. The second-order valence-corrected chi connectivity index (χ2v) is 6.54. The molecule has 128 valence electrons. The van der Waals surface area contributed by atoms with E-state index in [9.17, 15) is 4.79 Å². The van der Waals surface area contributed by atoms with E-state index in [0.717, 1.165) is 57.7 Å². The Kier molecular flexibility index (Phi) is 7.06. The summed E-state index contributed by atoms with van der Waals surface area (Å²) in [5, 5.41) is 0. The van der Waals surface area contributed by atoms with Gasteiger partial charge in [-0.15, -0.1) is 0 Å². The average Bonchev–Trinajstić information content (AvgIpc) is 2.57. The summed E-state index contributed by atoms with van der Waals surface area (Å²) >= 11 is 0. The molecule has 4 heteroatoms. The minimum Gasteiger partial charge on any atom is -0.372 e. The Morgan fingerprint density at radius 3 is 2.09 bits per heavy atom. The van der Waals surface area contributed by atoms with Gasteiger partial charge in [-0.3, -0.25) is 9.69 Å². The topological polar surface area (TPSA) is 26.8 Å². The van der Waals surface area contributed by atoms with Gasteiger partial charge in [-0.1, -0.05) is 13.8 Å². The normalized spacial score (nSPS) is 16.5. The smallest absolute Gasteiger partial charge is 0.176 e. The Morgan fingerprint density at radius 2 is 1.57 bits per heavy atom. The number of carbonyl (C=O) groups is 1. The molecule has 0 aromatic heterocycles. The maximum atomic E-state index is 12.5. The molecule has 1 aromatic carbocycles. The Morgan fingerprint density at radius 1 is 1.00 bits per heavy atom. The third kappa shape index (κ3) is 5.33. The Balaban J connectivity index is 1.94. The van der Waals surface area contributed by atoms with Gasteiger partial charge in [-0.05, 0) is 44.2 Å². The van der Waals surface area contributed by atoms with Crippen LogP contribution in [0.1, 0.15) is 37.0 Å². The zero-order chi connectivity index (χ0) is 16.7. The van der Waals surface area contributed by atoms with E-state index in [1.165, 1.54) is 5.69 Å². The average molecular weight is 317 g/mol. The molecule has 1 fully saturated rings. The summed E-state index contributed by atoms with van der Waals surface area (Å²) in [7, 11) is 2.14. The molecule has 1 aromatic rings. The van der Waals surface area contributed by atoms with Gasteiger partial charge in [0.1, 0.15) is 0 Å². The molecule has 0 amide bonds. The van der Waals surface area contributed by atoms with Crippen molar-refractivity contribution >= 4 is 11.5 Å². The first kappa shape index (κ1) is 18.0. The maximum Gasteiger partial charge on any atom is 0.176 e. The van der Waals surface area contributed by atoms with Gasteiger partial charge in [-0.2, -0.15) is 0 Å². The van der Waals surface area contributed by atoms with Crippen molar-refractivity contribution in [1.82, 2.24) is 9.80 Å². The summed E-state index contributed by atoms with van der Waals surface area (Å²) in [6.45, 7) is 11.2. The number of nitrogens with zero attached hydrogens (tertiary/aromatic N) is 3. The van der Waals surface area contributed by atoms with Gasteiger partial charge in [0.05, 0.1) is 6.54 Å². The van der Waals surface area contributed by atoms with Crippen molar-refractivity contribution in [2.75, 3.05) is 57.8 Å². The molecule has 1 aliphatic heterocycles. The van der Waals surface area contributed by atoms with E-state index in [-0.39, 0.29) is 5.78 Å². The van der Waals surface area contributed by atoms with E-state index in [0.29, 0.717) is 6.54 Å². The van der Waals surface area contributed by atoms with Crippen LogP contribution in [0.15, 0.2) is 24.3 Å². The molecule has 0 saturated carbocycles. The quantitative estimate of drug-likeness (QED) is 0.689. The number of anilines is 1. The lowest BCUT2D eigenvalue weighted by molar-refractivity contribution is 0.0876. The molecule has 23 heavy (non-hydrogen) atoms. The number of Topliss-reactive ketones (excluding diaryl/α,β-unsaturated/α-hetero) is 1. The van der Waals surface area contributed by atoms with Crippen molar-refractivity contribution in [2.45, 2.75) is 26.7 Å². The summed E-state index contributed by atoms with van der Waals surface area (Å²) in [5.74, 6) is 0.235. The van der Waals surface area contributed by atoms with Crippen molar-refractivity contribution < 1.29 is 4.79 Å². The van der Waals surface area contributed by atoms with Crippen LogP contribution in [0.4, 0.5) is 5.69 Å². The summed E-state index contributed by atoms with van der Waals surface area (Å²) in [5.41, 5.74) is 2.06. The minimum absolute atomic E-state index is 0.235. The van der Waals surface area contributed by atoms with E-state index in [1.807, 2.05) is 12.1 Å². The molecule has 0 radical (unpaired) electrons. The Bertz CT molecular complexity index is 472. The molecule has 2 rings (SSSR count). The first-order valence-electron chi connectivity index (χ1n) is 8.93. The van der Waals surface area contributed by atoms with Crippen LogP contribution < -0.4 is 4.90 Å². The summed E-state index contributed by atoms with van der Waals surface area (Å²) in [6, 6.07) is 8.18. The monoisotopic (exact) mass is 317 g/mol. The molecular weight excluding hydrogens is 286 g/mol. The Labute approximate surface area is 141 Å². The molecular formula is C19H31N3O. The summed E-state index contributed by atoms with van der Waals surface area (Å²) in [6.07, 6.45) is 2.29. The van der Waals surface area contributed by atoms with Crippen molar-refractivity contribution in [2.24, 2.45) is 0 Å². The van der Waals surface area contributed by atoms with E-state index < -0.39 is 0 Å². The second kappa shape index (κ2) is 9.04. The first-order chi connectivity index (χ1) is 11.1. The molecule has 1 heterocycles. The summed E-state index contributed by atoms with van der Waals surface area (Å²) < 4.78 is 0. The van der Waals surface area contributed by atoms with Crippen LogP contribution in [0.5, 0.6) is 0 Å². The number of rotatable bonds is 8. The van der Waals surface area contributed by atoms with Crippen LogP contribution in [-0.2, 0) is 0 Å². The molecule has 0 aliphatic carbocycles. The van der Waals surface area contributed by atoms with E-state index in [4.69, 9.17) is 0 Å². The maximum absolute atomic E-state index is 12.5.